The molecule has 0 saturated carbocycles. The molecule has 0 atom stereocenters. The molecule has 0 heterocycles. The first-order chi connectivity index (χ1) is 8.09. The lowest BCUT2D eigenvalue weighted by atomic mass is 10.1. The van der Waals surface area contributed by atoms with Gasteiger partial charge in [0.25, 0.3) is 0 Å². The number of anilines is 1. The van der Waals surface area contributed by atoms with Gasteiger partial charge in [-0.1, -0.05) is 13.8 Å². The Bertz CT molecular complexity index is 342. The molecule has 0 radical (unpaired) electrons. The predicted molar refractivity (Wildman–Crippen MR) is 66.6 cm³/mol. The summed E-state index contributed by atoms with van der Waals surface area (Å²) < 4.78 is 23.8. The van der Waals surface area contributed by atoms with Crippen LogP contribution in [0.1, 0.15) is 20.3 Å². The van der Waals surface area contributed by atoms with Crippen molar-refractivity contribution in [3.63, 3.8) is 0 Å². The van der Waals surface area contributed by atoms with Crippen molar-refractivity contribution in [2.45, 2.75) is 20.3 Å². The van der Waals surface area contributed by atoms with E-state index in [-0.39, 0.29) is 5.69 Å². The van der Waals surface area contributed by atoms with Gasteiger partial charge in [0.1, 0.15) is 18.2 Å². The van der Waals surface area contributed by atoms with Gasteiger partial charge < -0.3 is 15.2 Å². The summed E-state index contributed by atoms with van der Waals surface area (Å²) >= 11 is 0. The largest absolute Gasteiger partial charge is 0.491 e. The minimum absolute atomic E-state index is 0.130. The zero-order valence-electron chi connectivity index (χ0n) is 10.4. The molecule has 0 aromatic heterocycles. The van der Waals surface area contributed by atoms with Gasteiger partial charge in [0.2, 0.25) is 0 Å². The number of benzene rings is 1. The first-order valence-electron chi connectivity index (χ1n) is 5.85. The summed E-state index contributed by atoms with van der Waals surface area (Å²) in [5.41, 5.74) is 5.49. The highest BCUT2D eigenvalue weighted by Gasteiger charge is 2.00. The van der Waals surface area contributed by atoms with Gasteiger partial charge in [0, 0.05) is 12.7 Å². The zero-order valence-corrected chi connectivity index (χ0v) is 10.4. The van der Waals surface area contributed by atoms with Gasteiger partial charge in [-0.25, -0.2) is 4.39 Å². The quantitative estimate of drug-likeness (QED) is 0.589. The minimum atomic E-state index is -0.455. The Hall–Kier alpha value is -1.29. The molecule has 1 aromatic carbocycles. The number of hydrogen-bond donors (Lipinski definition) is 1. The zero-order chi connectivity index (χ0) is 12.7. The third-order valence-corrected chi connectivity index (χ3v) is 2.31. The maximum Gasteiger partial charge on any atom is 0.149 e. The van der Waals surface area contributed by atoms with Gasteiger partial charge in [-0.2, -0.15) is 0 Å². The highest BCUT2D eigenvalue weighted by Crippen LogP contribution is 2.17. The molecule has 96 valence electrons. The summed E-state index contributed by atoms with van der Waals surface area (Å²) in [5.74, 6) is 0.662. The summed E-state index contributed by atoms with van der Waals surface area (Å²) in [6.45, 7) is 5.96. The third-order valence-electron chi connectivity index (χ3n) is 2.31. The fourth-order valence-corrected chi connectivity index (χ4v) is 1.24. The average molecular weight is 241 g/mol. The van der Waals surface area contributed by atoms with Crippen molar-refractivity contribution >= 4 is 5.69 Å². The normalized spacial score (nSPS) is 10.8. The Morgan fingerprint density at radius 2 is 2.00 bits per heavy atom. The van der Waals surface area contributed by atoms with E-state index in [0.29, 0.717) is 24.9 Å². The average Bonchev–Trinajstić information content (AvgIpc) is 2.27. The van der Waals surface area contributed by atoms with E-state index in [1.54, 1.807) is 6.07 Å². The molecule has 0 spiro atoms. The smallest absolute Gasteiger partial charge is 0.149 e. The second kappa shape index (κ2) is 7.12. The Balaban J connectivity index is 2.16. The maximum atomic E-state index is 13.1. The summed E-state index contributed by atoms with van der Waals surface area (Å²) in [4.78, 5) is 0. The molecule has 0 fully saturated rings. The lowest BCUT2D eigenvalue weighted by molar-refractivity contribution is 0.0925. The van der Waals surface area contributed by atoms with Gasteiger partial charge in [-0.3, -0.25) is 0 Å². The lowest BCUT2D eigenvalue weighted by Gasteiger charge is -2.08. The molecule has 1 rings (SSSR count). The van der Waals surface area contributed by atoms with E-state index in [9.17, 15) is 4.39 Å². The molecule has 17 heavy (non-hydrogen) atoms. The Labute approximate surface area is 102 Å². The molecule has 0 amide bonds. The number of ether oxygens (including phenoxy) is 2. The standard InChI is InChI=1S/C13H20FNO2/c1-10(2)5-6-16-7-8-17-11-3-4-13(15)12(14)9-11/h3-4,9-10H,5-8,15H2,1-2H3. The molecule has 0 bridgehead atoms. The van der Waals surface area contributed by atoms with Gasteiger partial charge >= 0.3 is 0 Å². The number of hydrogen-bond acceptors (Lipinski definition) is 3. The molecule has 2 N–H and O–H groups in total. The minimum Gasteiger partial charge on any atom is -0.491 e. The molecular weight excluding hydrogens is 221 g/mol. The van der Waals surface area contributed by atoms with Crippen molar-refractivity contribution in [1.29, 1.82) is 0 Å². The molecule has 0 unspecified atom stereocenters. The number of halogens is 1. The summed E-state index contributed by atoms with van der Waals surface area (Å²) in [7, 11) is 0. The van der Waals surface area contributed by atoms with Crippen LogP contribution < -0.4 is 10.5 Å². The van der Waals surface area contributed by atoms with Crippen molar-refractivity contribution in [2.24, 2.45) is 5.92 Å². The fourth-order valence-electron chi connectivity index (χ4n) is 1.24. The fraction of sp³-hybridized carbons (Fsp3) is 0.538. The number of nitrogens with two attached hydrogens (primary N) is 1. The van der Waals surface area contributed by atoms with Gasteiger partial charge in [0.15, 0.2) is 0 Å². The van der Waals surface area contributed by atoms with E-state index in [4.69, 9.17) is 15.2 Å². The summed E-state index contributed by atoms with van der Waals surface area (Å²) in [6, 6.07) is 4.42. The third kappa shape index (κ3) is 5.54. The van der Waals surface area contributed by atoms with Crippen molar-refractivity contribution in [1.82, 2.24) is 0 Å². The lowest BCUT2D eigenvalue weighted by Crippen LogP contribution is -2.08. The van der Waals surface area contributed by atoms with Crippen LogP contribution in [0.15, 0.2) is 18.2 Å². The molecule has 1 aromatic rings. The van der Waals surface area contributed by atoms with Crippen molar-refractivity contribution < 1.29 is 13.9 Å². The second-order valence-electron chi connectivity index (χ2n) is 4.33. The van der Waals surface area contributed by atoms with Crippen LogP contribution in [0, 0.1) is 11.7 Å². The van der Waals surface area contributed by atoms with Crippen LogP contribution in [0.4, 0.5) is 10.1 Å². The second-order valence-corrected chi connectivity index (χ2v) is 4.33. The van der Waals surface area contributed by atoms with E-state index in [0.717, 1.165) is 13.0 Å². The van der Waals surface area contributed by atoms with Crippen LogP contribution in [0.25, 0.3) is 0 Å². The van der Waals surface area contributed by atoms with Crippen molar-refractivity contribution in [2.75, 3.05) is 25.6 Å². The molecule has 4 heteroatoms. The van der Waals surface area contributed by atoms with E-state index < -0.39 is 5.82 Å². The molecular formula is C13H20FNO2. The summed E-state index contributed by atoms with van der Waals surface area (Å²) in [5, 5.41) is 0. The monoisotopic (exact) mass is 241 g/mol. The van der Waals surface area contributed by atoms with E-state index in [2.05, 4.69) is 13.8 Å². The molecule has 0 saturated heterocycles. The highest BCUT2D eigenvalue weighted by atomic mass is 19.1. The summed E-state index contributed by atoms with van der Waals surface area (Å²) in [6.07, 6.45) is 1.04. The van der Waals surface area contributed by atoms with Gasteiger partial charge in [-0.15, -0.1) is 0 Å². The van der Waals surface area contributed by atoms with E-state index in [1.807, 2.05) is 0 Å². The maximum absolute atomic E-state index is 13.1. The number of rotatable bonds is 7. The topological polar surface area (TPSA) is 44.5 Å². The first-order valence-corrected chi connectivity index (χ1v) is 5.85. The Kier molecular flexibility index (Phi) is 5.77. The predicted octanol–water partition coefficient (Wildman–Crippen LogP) is 2.85. The van der Waals surface area contributed by atoms with Crippen LogP contribution in [0.5, 0.6) is 5.75 Å². The van der Waals surface area contributed by atoms with Crippen LogP contribution in [-0.4, -0.2) is 19.8 Å². The van der Waals surface area contributed by atoms with E-state index in [1.165, 1.54) is 12.1 Å². The first kappa shape index (κ1) is 13.8. The highest BCUT2D eigenvalue weighted by molar-refractivity contribution is 5.43. The van der Waals surface area contributed by atoms with Crippen LogP contribution in [0.2, 0.25) is 0 Å². The van der Waals surface area contributed by atoms with Crippen molar-refractivity contribution in [3.05, 3.63) is 24.0 Å². The molecule has 0 aliphatic rings. The van der Waals surface area contributed by atoms with Crippen LogP contribution >= 0.6 is 0 Å². The Morgan fingerprint density at radius 1 is 1.24 bits per heavy atom. The Morgan fingerprint density at radius 3 is 2.65 bits per heavy atom. The van der Waals surface area contributed by atoms with E-state index >= 15 is 0 Å². The van der Waals surface area contributed by atoms with Crippen LogP contribution in [-0.2, 0) is 4.74 Å². The van der Waals surface area contributed by atoms with Crippen LogP contribution in [0.3, 0.4) is 0 Å². The van der Waals surface area contributed by atoms with Gasteiger partial charge in [-0.05, 0) is 24.5 Å². The molecule has 3 nitrogen and oxygen atoms in total. The molecule has 0 aliphatic heterocycles. The molecule has 0 aliphatic carbocycles. The SMILES string of the molecule is CC(C)CCOCCOc1ccc(N)c(F)c1. The number of nitrogen functional groups attached to an aromatic ring is 1. The van der Waals surface area contributed by atoms with Crippen molar-refractivity contribution in [3.8, 4) is 5.75 Å². The van der Waals surface area contributed by atoms with Gasteiger partial charge in [0.05, 0.1) is 12.3 Å².